The molecular weight excluding hydrogens is 228 g/mol. The van der Waals surface area contributed by atoms with Crippen LogP contribution in [0.5, 0.6) is 0 Å². The number of aromatic amines is 1. The van der Waals surface area contributed by atoms with Gasteiger partial charge in [0.2, 0.25) is 0 Å². The van der Waals surface area contributed by atoms with E-state index in [9.17, 15) is 8.42 Å². The zero-order valence-electron chi connectivity index (χ0n) is 8.63. The summed E-state index contributed by atoms with van der Waals surface area (Å²) in [5.74, 6) is -0.202. The van der Waals surface area contributed by atoms with Crippen LogP contribution in [0.2, 0.25) is 0 Å². The maximum absolute atomic E-state index is 12.1. The van der Waals surface area contributed by atoms with E-state index in [0.717, 1.165) is 12.8 Å². The number of aromatic nitrogens is 2. The Hall–Kier alpha value is -1.39. The topological polar surface area (TPSA) is 89.8 Å². The molecule has 0 amide bonds. The zero-order valence-corrected chi connectivity index (χ0v) is 9.44. The fourth-order valence-electron chi connectivity index (χ4n) is 1.79. The van der Waals surface area contributed by atoms with Crippen molar-refractivity contribution in [2.45, 2.75) is 17.9 Å². The van der Waals surface area contributed by atoms with Gasteiger partial charge in [0.05, 0.1) is 18.2 Å². The maximum atomic E-state index is 12.1. The molecule has 1 saturated heterocycles. The minimum absolute atomic E-state index is 0.0890. The van der Waals surface area contributed by atoms with E-state index in [4.69, 9.17) is 5.26 Å². The summed E-state index contributed by atoms with van der Waals surface area (Å²) in [6, 6.07) is 3.54. The van der Waals surface area contributed by atoms with Crippen molar-refractivity contribution >= 4 is 10.0 Å². The van der Waals surface area contributed by atoms with Gasteiger partial charge in [-0.15, -0.1) is 0 Å². The molecule has 2 heterocycles. The van der Waals surface area contributed by atoms with Crippen LogP contribution in [0.4, 0.5) is 0 Å². The van der Waals surface area contributed by atoms with Gasteiger partial charge < -0.3 is 0 Å². The van der Waals surface area contributed by atoms with E-state index in [1.165, 1.54) is 16.6 Å². The highest BCUT2D eigenvalue weighted by molar-refractivity contribution is 7.89. The molecule has 86 valence electrons. The molecule has 6 nitrogen and oxygen atoms in total. The minimum Gasteiger partial charge on any atom is -0.266 e. The second-order valence-electron chi connectivity index (χ2n) is 3.75. The van der Waals surface area contributed by atoms with Crippen LogP contribution in [0, 0.1) is 17.2 Å². The van der Waals surface area contributed by atoms with Crippen molar-refractivity contribution in [3.05, 3.63) is 12.3 Å². The quantitative estimate of drug-likeness (QED) is 0.806. The molecule has 1 aromatic heterocycles. The summed E-state index contributed by atoms with van der Waals surface area (Å²) in [5, 5.41) is 15.0. The Kier molecular flexibility index (Phi) is 2.94. The molecule has 1 unspecified atom stereocenters. The molecule has 1 fully saturated rings. The van der Waals surface area contributed by atoms with Crippen LogP contribution in [-0.4, -0.2) is 36.0 Å². The first-order valence-corrected chi connectivity index (χ1v) is 6.48. The normalized spacial score (nSPS) is 22.8. The molecule has 2 rings (SSSR count). The van der Waals surface area contributed by atoms with E-state index in [0.29, 0.717) is 6.54 Å². The first kappa shape index (κ1) is 11.1. The predicted molar refractivity (Wildman–Crippen MR) is 55.7 cm³/mol. The monoisotopic (exact) mass is 240 g/mol. The maximum Gasteiger partial charge on any atom is 0.260 e. The highest BCUT2D eigenvalue weighted by atomic mass is 32.2. The fraction of sp³-hybridized carbons (Fsp3) is 0.556. The van der Waals surface area contributed by atoms with Crippen LogP contribution in [-0.2, 0) is 10.0 Å². The summed E-state index contributed by atoms with van der Waals surface area (Å²) in [6.07, 6.45) is 2.90. The highest BCUT2D eigenvalue weighted by Crippen LogP contribution is 2.21. The lowest BCUT2D eigenvalue weighted by atomic mass is 10.0. The standard InChI is InChI=1S/C9H12N4O2S/c10-6-8-2-1-5-13(7-8)16(14,15)9-3-4-11-12-9/h3-4,8H,1-2,5,7H2,(H,11,12). The van der Waals surface area contributed by atoms with Crippen LogP contribution in [0.15, 0.2) is 17.3 Å². The van der Waals surface area contributed by atoms with E-state index in [-0.39, 0.29) is 17.5 Å². The summed E-state index contributed by atoms with van der Waals surface area (Å²) in [4.78, 5) is 0. The van der Waals surface area contributed by atoms with Gasteiger partial charge in [0.25, 0.3) is 10.0 Å². The molecule has 0 spiro atoms. The minimum atomic E-state index is -3.50. The van der Waals surface area contributed by atoms with Gasteiger partial charge in [0, 0.05) is 13.1 Å². The van der Waals surface area contributed by atoms with Gasteiger partial charge in [-0.2, -0.15) is 14.7 Å². The van der Waals surface area contributed by atoms with Crippen LogP contribution < -0.4 is 0 Å². The summed E-state index contributed by atoms with van der Waals surface area (Å²) < 4.78 is 25.5. The van der Waals surface area contributed by atoms with Gasteiger partial charge >= 0.3 is 0 Å². The third-order valence-electron chi connectivity index (χ3n) is 2.66. The number of sulfonamides is 1. The second kappa shape index (κ2) is 4.23. The lowest BCUT2D eigenvalue weighted by molar-refractivity contribution is 0.304. The number of piperidine rings is 1. The van der Waals surface area contributed by atoms with Crippen LogP contribution >= 0.6 is 0 Å². The first-order valence-electron chi connectivity index (χ1n) is 5.04. The van der Waals surface area contributed by atoms with Gasteiger partial charge in [0.15, 0.2) is 5.03 Å². The van der Waals surface area contributed by atoms with Crippen molar-refractivity contribution in [2.24, 2.45) is 5.92 Å². The van der Waals surface area contributed by atoms with Crippen molar-refractivity contribution in [2.75, 3.05) is 13.1 Å². The number of nitrogens with one attached hydrogen (secondary N) is 1. The molecule has 1 N–H and O–H groups in total. The Morgan fingerprint density at radius 3 is 3.06 bits per heavy atom. The number of hydrogen-bond acceptors (Lipinski definition) is 4. The highest BCUT2D eigenvalue weighted by Gasteiger charge is 2.30. The number of rotatable bonds is 2. The van der Waals surface area contributed by atoms with E-state index >= 15 is 0 Å². The SMILES string of the molecule is N#CC1CCCN(S(=O)(=O)c2ccn[nH]2)C1. The Morgan fingerprint density at radius 1 is 1.62 bits per heavy atom. The van der Waals surface area contributed by atoms with Gasteiger partial charge in [-0.3, -0.25) is 5.10 Å². The van der Waals surface area contributed by atoms with Crippen molar-refractivity contribution in [1.82, 2.24) is 14.5 Å². The Balaban J connectivity index is 2.22. The Labute approximate surface area is 93.9 Å². The molecule has 0 radical (unpaired) electrons. The Bertz CT molecular complexity index is 488. The molecular formula is C9H12N4O2S. The van der Waals surface area contributed by atoms with Crippen LogP contribution in [0.3, 0.4) is 0 Å². The molecule has 1 aliphatic heterocycles. The number of nitrogens with zero attached hydrogens (tertiary/aromatic N) is 3. The smallest absolute Gasteiger partial charge is 0.260 e. The van der Waals surface area contributed by atoms with Crippen molar-refractivity contribution < 1.29 is 8.42 Å². The van der Waals surface area contributed by atoms with Crippen molar-refractivity contribution in [3.8, 4) is 6.07 Å². The van der Waals surface area contributed by atoms with E-state index in [1.54, 1.807) is 0 Å². The van der Waals surface area contributed by atoms with E-state index < -0.39 is 10.0 Å². The molecule has 0 aliphatic carbocycles. The van der Waals surface area contributed by atoms with Crippen molar-refractivity contribution in [3.63, 3.8) is 0 Å². The Morgan fingerprint density at radius 2 is 2.44 bits per heavy atom. The molecule has 0 bridgehead atoms. The van der Waals surface area contributed by atoms with Gasteiger partial charge in [-0.25, -0.2) is 8.42 Å². The second-order valence-corrected chi connectivity index (χ2v) is 5.66. The molecule has 7 heteroatoms. The largest absolute Gasteiger partial charge is 0.266 e. The lowest BCUT2D eigenvalue weighted by Crippen LogP contribution is -2.39. The summed E-state index contributed by atoms with van der Waals surface area (Å²) >= 11 is 0. The fourth-order valence-corrected chi connectivity index (χ4v) is 3.22. The molecule has 0 aromatic carbocycles. The first-order chi connectivity index (χ1) is 7.64. The van der Waals surface area contributed by atoms with E-state index in [2.05, 4.69) is 16.3 Å². The van der Waals surface area contributed by atoms with Crippen LogP contribution in [0.1, 0.15) is 12.8 Å². The average molecular weight is 240 g/mol. The molecule has 0 saturated carbocycles. The number of hydrogen-bond donors (Lipinski definition) is 1. The summed E-state index contributed by atoms with van der Waals surface area (Å²) in [5.41, 5.74) is 0. The molecule has 16 heavy (non-hydrogen) atoms. The third-order valence-corrected chi connectivity index (χ3v) is 4.45. The average Bonchev–Trinajstić information content (AvgIpc) is 2.83. The van der Waals surface area contributed by atoms with Gasteiger partial charge in [-0.1, -0.05) is 0 Å². The van der Waals surface area contributed by atoms with Crippen LogP contribution in [0.25, 0.3) is 0 Å². The molecule has 1 aromatic rings. The summed E-state index contributed by atoms with van der Waals surface area (Å²) in [7, 11) is -3.50. The third kappa shape index (κ3) is 1.94. The van der Waals surface area contributed by atoms with Gasteiger partial charge in [0.1, 0.15) is 0 Å². The van der Waals surface area contributed by atoms with Gasteiger partial charge in [-0.05, 0) is 18.9 Å². The lowest BCUT2D eigenvalue weighted by Gasteiger charge is -2.27. The predicted octanol–water partition coefficient (Wildman–Crippen LogP) is 0.334. The summed E-state index contributed by atoms with van der Waals surface area (Å²) in [6.45, 7) is 0.747. The number of H-pyrrole nitrogens is 1. The van der Waals surface area contributed by atoms with E-state index in [1.807, 2.05) is 0 Å². The zero-order chi connectivity index (χ0) is 11.6. The molecule has 1 atom stereocenters. The van der Waals surface area contributed by atoms with Crippen molar-refractivity contribution in [1.29, 1.82) is 5.26 Å². The molecule has 1 aliphatic rings. The number of nitriles is 1.